The van der Waals surface area contributed by atoms with Crippen LogP contribution in [-0.2, 0) is 16.0 Å². The highest BCUT2D eigenvalue weighted by atomic mass is 16.5. The Bertz CT molecular complexity index is 750. The summed E-state index contributed by atoms with van der Waals surface area (Å²) in [7, 11) is 1.52. The van der Waals surface area contributed by atoms with Gasteiger partial charge in [-0.2, -0.15) is 0 Å². The van der Waals surface area contributed by atoms with E-state index in [4.69, 9.17) is 4.74 Å². The molecule has 2 rings (SSSR count). The SMILES string of the molecule is COc1ccccc1NC(=O)C[C@H](Cc1cc(C)cc(C)c1)C(=O)O. The number of ether oxygens (including phenoxy) is 1. The van der Waals surface area contributed by atoms with E-state index in [0.717, 1.165) is 16.7 Å². The molecule has 0 aliphatic rings. The number of carboxylic acid groups (broad SMARTS) is 1. The Hall–Kier alpha value is -2.82. The smallest absolute Gasteiger partial charge is 0.307 e. The number of methoxy groups -OCH3 is 1. The quantitative estimate of drug-likeness (QED) is 0.807. The first-order valence-corrected chi connectivity index (χ1v) is 8.12. The van der Waals surface area contributed by atoms with Crippen LogP contribution in [0.4, 0.5) is 5.69 Å². The van der Waals surface area contributed by atoms with Crippen molar-refractivity contribution in [2.75, 3.05) is 12.4 Å². The van der Waals surface area contributed by atoms with Gasteiger partial charge >= 0.3 is 5.97 Å². The fourth-order valence-corrected chi connectivity index (χ4v) is 2.89. The first kappa shape index (κ1) is 18.5. The van der Waals surface area contributed by atoms with Crippen molar-refractivity contribution in [3.63, 3.8) is 0 Å². The summed E-state index contributed by atoms with van der Waals surface area (Å²) in [6, 6.07) is 13.0. The fourth-order valence-electron chi connectivity index (χ4n) is 2.89. The maximum atomic E-state index is 12.3. The molecule has 0 fully saturated rings. The van der Waals surface area contributed by atoms with E-state index in [1.165, 1.54) is 7.11 Å². The summed E-state index contributed by atoms with van der Waals surface area (Å²) in [6.07, 6.45) is 0.220. The van der Waals surface area contributed by atoms with Gasteiger partial charge in [0.05, 0.1) is 18.7 Å². The van der Waals surface area contributed by atoms with Crippen molar-refractivity contribution >= 4 is 17.6 Å². The number of para-hydroxylation sites is 2. The van der Waals surface area contributed by atoms with E-state index in [9.17, 15) is 14.7 Å². The summed E-state index contributed by atoms with van der Waals surface area (Å²) in [6.45, 7) is 3.95. The summed E-state index contributed by atoms with van der Waals surface area (Å²) in [5.74, 6) is -1.57. The second kappa shape index (κ2) is 8.33. The van der Waals surface area contributed by atoms with Crippen molar-refractivity contribution in [2.45, 2.75) is 26.7 Å². The summed E-state index contributed by atoms with van der Waals surface area (Å²) in [4.78, 5) is 23.9. The van der Waals surface area contributed by atoms with Gasteiger partial charge in [-0.1, -0.05) is 41.5 Å². The molecule has 0 saturated carbocycles. The van der Waals surface area contributed by atoms with Crippen LogP contribution < -0.4 is 10.1 Å². The standard InChI is InChI=1S/C20H23NO4/c1-13-8-14(2)10-15(9-13)11-16(20(23)24)12-19(22)21-17-6-4-5-7-18(17)25-3/h4-10,16H,11-12H2,1-3H3,(H,21,22)(H,23,24)/t16-/m0/s1. The molecule has 5 heteroatoms. The zero-order chi connectivity index (χ0) is 18.4. The van der Waals surface area contributed by atoms with Gasteiger partial charge in [-0.3, -0.25) is 9.59 Å². The molecule has 2 N–H and O–H groups in total. The summed E-state index contributed by atoms with van der Waals surface area (Å²) in [5.41, 5.74) is 3.62. The minimum absolute atomic E-state index is 0.0969. The van der Waals surface area contributed by atoms with Gasteiger partial charge in [0.2, 0.25) is 5.91 Å². The van der Waals surface area contributed by atoms with Crippen molar-refractivity contribution in [1.29, 1.82) is 0 Å². The molecule has 132 valence electrons. The highest BCUT2D eigenvalue weighted by molar-refractivity contribution is 5.94. The lowest BCUT2D eigenvalue weighted by molar-refractivity contribution is -0.143. The summed E-state index contributed by atoms with van der Waals surface area (Å²) < 4.78 is 5.19. The van der Waals surface area contributed by atoms with Crippen LogP contribution >= 0.6 is 0 Å². The molecule has 0 aliphatic heterocycles. The molecule has 0 saturated heterocycles. The largest absolute Gasteiger partial charge is 0.495 e. The Labute approximate surface area is 147 Å². The third kappa shape index (κ3) is 5.35. The molecule has 2 aromatic carbocycles. The van der Waals surface area contributed by atoms with Gasteiger partial charge in [0.15, 0.2) is 0 Å². The number of carbonyl (C=O) groups excluding carboxylic acids is 1. The van der Waals surface area contributed by atoms with E-state index in [2.05, 4.69) is 5.32 Å². The van der Waals surface area contributed by atoms with Gasteiger partial charge in [0.25, 0.3) is 0 Å². The molecule has 0 spiro atoms. The number of aliphatic carboxylic acids is 1. The highest BCUT2D eigenvalue weighted by Gasteiger charge is 2.22. The van der Waals surface area contributed by atoms with Crippen LogP contribution in [0.1, 0.15) is 23.1 Å². The number of carboxylic acids is 1. The number of hydrogen-bond acceptors (Lipinski definition) is 3. The lowest BCUT2D eigenvalue weighted by Gasteiger charge is -2.15. The summed E-state index contributed by atoms with van der Waals surface area (Å²) >= 11 is 0. The second-order valence-corrected chi connectivity index (χ2v) is 6.19. The maximum Gasteiger partial charge on any atom is 0.307 e. The molecular weight excluding hydrogens is 318 g/mol. The van der Waals surface area contributed by atoms with Crippen LogP contribution in [0, 0.1) is 19.8 Å². The van der Waals surface area contributed by atoms with Crippen molar-refractivity contribution < 1.29 is 19.4 Å². The Morgan fingerprint density at radius 3 is 2.36 bits per heavy atom. The number of aryl methyl sites for hydroxylation is 2. The van der Waals surface area contributed by atoms with E-state index in [-0.39, 0.29) is 12.3 Å². The van der Waals surface area contributed by atoms with Crippen LogP contribution in [0.15, 0.2) is 42.5 Å². The predicted octanol–water partition coefficient (Wildman–Crippen LogP) is 3.58. The minimum atomic E-state index is -0.977. The number of anilines is 1. The van der Waals surface area contributed by atoms with Crippen molar-refractivity contribution in [3.05, 3.63) is 59.2 Å². The lowest BCUT2D eigenvalue weighted by Crippen LogP contribution is -2.24. The van der Waals surface area contributed by atoms with E-state index in [1.807, 2.05) is 32.0 Å². The second-order valence-electron chi connectivity index (χ2n) is 6.19. The van der Waals surface area contributed by atoms with Crippen LogP contribution in [0.3, 0.4) is 0 Å². The van der Waals surface area contributed by atoms with Gasteiger partial charge < -0.3 is 15.2 Å². The third-order valence-corrected chi connectivity index (χ3v) is 3.93. The van der Waals surface area contributed by atoms with Crippen LogP contribution in [0.5, 0.6) is 5.75 Å². The topological polar surface area (TPSA) is 75.6 Å². The van der Waals surface area contributed by atoms with Gasteiger partial charge in [0, 0.05) is 6.42 Å². The van der Waals surface area contributed by atoms with E-state index in [0.29, 0.717) is 17.9 Å². The number of amides is 1. The van der Waals surface area contributed by atoms with Crippen LogP contribution in [-0.4, -0.2) is 24.1 Å². The number of benzene rings is 2. The molecule has 1 atom stereocenters. The highest BCUT2D eigenvalue weighted by Crippen LogP contribution is 2.24. The van der Waals surface area contributed by atoms with E-state index in [1.54, 1.807) is 24.3 Å². The minimum Gasteiger partial charge on any atom is -0.495 e. The number of carbonyl (C=O) groups is 2. The zero-order valence-electron chi connectivity index (χ0n) is 14.7. The average Bonchev–Trinajstić information content (AvgIpc) is 2.53. The molecule has 5 nitrogen and oxygen atoms in total. The third-order valence-electron chi connectivity index (χ3n) is 3.93. The zero-order valence-corrected chi connectivity index (χ0v) is 14.7. The van der Waals surface area contributed by atoms with Crippen LogP contribution in [0.2, 0.25) is 0 Å². The average molecular weight is 341 g/mol. The lowest BCUT2D eigenvalue weighted by atomic mass is 9.94. The van der Waals surface area contributed by atoms with E-state index < -0.39 is 11.9 Å². The van der Waals surface area contributed by atoms with Crippen LogP contribution in [0.25, 0.3) is 0 Å². The van der Waals surface area contributed by atoms with Crippen molar-refractivity contribution in [2.24, 2.45) is 5.92 Å². The Morgan fingerprint density at radius 1 is 1.12 bits per heavy atom. The first-order valence-electron chi connectivity index (χ1n) is 8.12. The number of rotatable bonds is 7. The maximum absolute atomic E-state index is 12.3. The number of nitrogens with one attached hydrogen (secondary N) is 1. The van der Waals surface area contributed by atoms with Gasteiger partial charge in [-0.25, -0.2) is 0 Å². The van der Waals surface area contributed by atoms with Gasteiger partial charge in [-0.05, 0) is 38.0 Å². The molecular formula is C20H23NO4. The Kier molecular flexibility index (Phi) is 6.17. The normalized spacial score (nSPS) is 11.6. The fraction of sp³-hybridized carbons (Fsp3) is 0.300. The molecule has 0 aliphatic carbocycles. The molecule has 2 aromatic rings. The van der Waals surface area contributed by atoms with Crippen molar-refractivity contribution in [1.82, 2.24) is 0 Å². The first-order chi connectivity index (χ1) is 11.9. The molecule has 0 heterocycles. The van der Waals surface area contributed by atoms with Gasteiger partial charge in [-0.15, -0.1) is 0 Å². The summed E-state index contributed by atoms with van der Waals surface area (Å²) in [5, 5.41) is 12.2. The monoisotopic (exact) mass is 341 g/mol. The van der Waals surface area contributed by atoms with Crippen molar-refractivity contribution in [3.8, 4) is 5.75 Å². The molecule has 0 radical (unpaired) electrons. The predicted molar refractivity (Wildman–Crippen MR) is 97.0 cm³/mol. The van der Waals surface area contributed by atoms with Gasteiger partial charge in [0.1, 0.15) is 5.75 Å². The van der Waals surface area contributed by atoms with E-state index >= 15 is 0 Å². The molecule has 0 bridgehead atoms. The number of hydrogen-bond donors (Lipinski definition) is 2. The molecule has 25 heavy (non-hydrogen) atoms. The molecule has 0 aromatic heterocycles. The Morgan fingerprint density at radius 2 is 1.76 bits per heavy atom. The molecule has 0 unspecified atom stereocenters. The Balaban J connectivity index is 2.08. The molecule has 1 amide bonds.